The summed E-state index contributed by atoms with van der Waals surface area (Å²) in [6.45, 7) is 9.09. The van der Waals surface area contributed by atoms with Crippen LogP contribution >= 0.6 is 0 Å². The number of aryl methyl sites for hydroxylation is 1. The summed E-state index contributed by atoms with van der Waals surface area (Å²) in [6.07, 6.45) is 2.39. The topological polar surface area (TPSA) is 38.5 Å². The Morgan fingerprint density at radius 1 is 1.42 bits per heavy atom. The number of benzene rings is 1. The first-order valence-corrected chi connectivity index (χ1v) is 7.33. The molecule has 3 nitrogen and oxygen atoms in total. The molecule has 3 heteroatoms. The lowest BCUT2D eigenvalue weighted by Gasteiger charge is -2.40. The number of nitrogens with zero attached hydrogens (tertiary/aromatic N) is 1. The fourth-order valence-electron chi connectivity index (χ4n) is 2.79. The van der Waals surface area contributed by atoms with Crippen LogP contribution in [0.25, 0.3) is 0 Å². The Balaban J connectivity index is 2.21. The van der Waals surface area contributed by atoms with Crippen LogP contribution in [0.2, 0.25) is 0 Å². The predicted octanol–water partition coefficient (Wildman–Crippen LogP) is 2.50. The maximum atomic E-state index is 5.77. The second-order valence-electron chi connectivity index (χ2n) is 5.51. The molecule has 1 fully saturated rings. The average molecular weight is 262 g/mol. The van der Waals surface area contributed by atoms with Gasteiger partial charge in [-0.2, -0.15) is 0 Å². The fourth-order valence-corrected chi connectivity index (χ4v) is 2.79. The third-order valence-corrected chi connectivity index (χ3v) is 4.01. The molecule has 2 unspecified atom stereocenters. The van der Waals surface area contributed by atoms with Crippen molar-refractivity contribution in [3.63, 3.8) is 0 Å². The number of anilines is 1. The second-order valence-corrected chi connectivity index (χ2v) is 5.51. The van der Waals surface area contributed by atoms with Crippen molar-refractivity contribution in [1.82, 2.24) is 0 Å². The average Bonchev–Trinajstić information content (AvgIpc) is 2.41. The van der Waals surface area contributed by atoms with Crippen molar-refractivity contribution in [3.05, 3.63) is 29.3 Å². The van der Waals surface area contributed by atoms with Gasteiger partial charge in [-0.05, 0) is 56.5 Å². The zero-order valence-corrected chi connectivity index (χ0v) is 12.4. The molecule has 2 atom stereocenters. The zero-order valence-electron chi connectivity index (χ0n) is 12.4. The summed E-state index contributed by atoms with van der Waals surface area (Å²) >= 11 is 0. The molecule has 1 aromatic carbocycles. The summed E-state index contributed by atoms with van der Waals surface area (Å²) in [4.78, 5) is 2.49. The van der Waals surface area contributed by atoms with Gasteiger partial charge in [0.05, 0.1) is 18.8 Å². The predicted molar refractivity (Wildman–Crippen MR) is 80.8 cm³/mol. The van der Waals surface area contributed by atoms with Crippen LogP contribution in [0, 0.1) is 6.92 Å². The number of rotatable bonds is 4. The van der Waals surface area contributed by atoms with Crippen LogP contribution in [0.15, 0.2) is 18.2 Å². The molecule has 2 rings (SSSR count). The standard InChI is InChI=1S/C16H26N2O/c1-4-15-11-19-13(3)10-18(15)16-6-5-14(7-8-17)12(2)9-16/h5-6,9,13,15H,4,7-8,10-11,17H2,1-3H3. The van der Waals surface area contributed by atoms with E-state index < -0.39 is 0 Å². The smallest absolute Gasteiger partial charge is 0.0723 e. The first-order valence-electron chi connectivity index (χ1n) is 7.33. The minimum Gasteiger partial charge on any atom is -0.375 e. The van der Waals surface area contributed by atoms with Gasteiger partial charge in [0, 0.05) is 12.2 Å². The Labute approximate surface area is 116 Å². The summed E-state index contributed by atoms with van der Waals surface area (Å²) in [5, 5.41) is 0. The molecule has 106 valence electrons. The van der Waals surface area contributed by atoms with Crippen LogP contribution in [0.4, 0.5) is 5.69 Å². The maximum Gasteiger partial charge on any atom is 0.0723 e. The summed E-state index contributed by atoms with van der Waals surface area (Å²) in [5.41, 5.74) is 9.67. The van der Waals surface area contributed by atoms with Gasteiger partial charge in [-0.15, -0.1) is 0 Å². The Bertz CT molecular complexity index is 419. The highest BCUT2D eigenvalue weighted by molar-refractivity contribution is 5.52. The Morgan fingerprint density at radius 2 is 2.21 bits per heavy atom. The van der Waals surface area contributed by atoms with E-state index in [2.05, 4.69) is 43.9 Å². The molecule has 0 aliphatic carbocycles. The monoisotopic (exact) mass is 262 g/mol. The summed E-state index contributed by atoms with van der Waals surface area (Å²) < 4.78 is 5.77. The minimum atomic E-state index is 0.312. The van der Waals surface area contributed by atoms with E-state index in [-0.39, 0.29) is 0 Å². The Kier molecular flexibility index (Phi) is 4.83. The van der Waals surface area contributed by atoms with E-state index in [0.29, 0.717) is 18.7 Å². The minimum absolute atomic E-state index is 0.312. The molecular formula is C16H26N2O. The number of morpholine rings is 1. The quantitative estimate of drug-likeness (QED) is 0.906. The van der Waals surface area contributed by atoms with E-state index >= 15 is 0 Å². The van der Waals surface area contributed by atoms with E-state index in [1.54, 1.807) is 0 Å². The fraction of sp³-hybridized carbons (Fsp3) is 0.625. The molecule has 1 aliphatic rings. The second kappa shape index (κ2) is 6.40. The van der Waals surface area contributed by atoms with E-state index in [0.717, 1.165) is 26.0 Å². The van der Waals surface area contributed by atoms with Crippen LogP contribution in [0.1, 0.15) is 31.4 Å². The van der Waals surface area contributed by atoms with Crippen molar-refractivity contribution >= 4 is 5.69 Å². The van der Waals surface area contributed by atoms with E-state index in [4.69, 9.17) is 10.5 Å². The highest BCUT2D eigenvalue weighted by Gasteiger charge is 2.25. The summed E-state index contributed by atoms with van der Waals surface area (Å²) in [7, 11) is 0. The lowest BCUT2D eigenvalue weighted by atomic mass is 10.0. The molecule has 0 saturated carbocycles. The molecule has 19 heavy (non-hydrogen) atoms. The third kappa shape index (κ3) is 3.28. The van der Waals surface area contributed by atoms with E-state index in [9.17, 15) is 0 Å². The van der Waals surface area contributed by atoms with Gasteiger partial charge in [0.2, 0.25) is 0 Å². The van der Waals surface area contributed by atoms with E-state index in [1.165, 1.54) is 16.8 Å². The largest absolute Gasteiger partial charge is 0.375 e. The molecule has 0 aromatic heterocycles. The van der Waals surface area contributed by atoms with Crippen molar-refractivity contribution in [1.29, 1.82) is 0 Å². The molecule has 2 N–H and O–H groups in total. The lowest BCUT2D eigenvalue weighted by molar-refractivity contribution is 0.0299. The van der Waals surface area contributed by atoms with Crippen LogP contribution in [-0.2, 0) is 11.2 Å². The first-order chi connectivity index (χ1) is 9.15. The van der Waals surface area contributed by atoms with Gasteiger partial charge in [-0.25, -0.2) is 0 Å². The van der Waals surface area contributed by atoms with Gasteiger partial charge < -0.3 is 15.4 Å². The van der Waals surface area contributed by atoms with Crippen molar-refractivity contribution in [2.45, 2.75) is 45.8 Å². The van der Waals surface area contributed by atoms with Crippen molar-refractivity contribution in [2.24, 2.45) is 5.73 Å². The van der Waals surface area contributed by atoms with Crippen molar-refractivity contribution in [3.8, 4) is 0 Å². The molecule has 1 aliphatic heterocycles. The van der Waals surface area contributed by atoms with Gasteiger partial charge in [0.25, 0.3) is 0 Å². The maximum absolute atomic E-state index is 5.77. The molecule has 1 saturated heterocycles. The number of hydrogen-bond donors (Lipinski definition) is 1. The molecule has 0 spiro atoms. The van der Waals surface area contributed by atoms with Gasteiger partial charge in [0.1, 0.15) is 0 Å². The number of nitrogens with two attached hydrogens (primary N) is 1. The number of hydrogen-bond acceptors (Lipinski definition) is 3. The Morgan fingerprint density at radius 3 is 2.84 bits per heavy atom. The van der Waals surface area contributed by atoms with Crippen LogP contribution in [-0.4, -0.2) is 31.8 Å². The van der Waals surface area contributed by atoms with Crippen molar-refractivity contribution < 1.29 is 4.74 Å². The highest BCUT2D eigenvalue weighted by Crippen LogP contribution is 2.25. The SMILES string of the molecule is CCC1COC(C)CN1c1ccc(CCN)c(C)c1. The normalized spacial score (nSPS) is 23.7. The Hall–Kier alpha value is -1.06. The molecule has 0 bridgehead atoms. The van der Waals surface area contributed by atoms with Crippen molar-refractivity contribution in [2.75, 3.05) is 24.6 Å². The summed E-state index contributed by atoms with van der Waals surface area (Å²) in [6, 6.07) is 7.25. The first kappa shape index (κ1) is 14.4. The molecule has 1 aromatic rings. The summed E-state index contributed by atoms with van der Waals surface area (Å²) in [5.74, 6) is 0. The van der Waals surface area contributed by atoms with Crippen LogP contribution in [0.3, 0.4) is 0 Å². The van der Waals surface area contributed by atoms with Gasteiger partial charge in [0.15, 0.2) is 0 Å². The van der Waals surface area contributed by atoms with Gasteiger partial charge >= 0.3 is 0 Å². The van der Waals surface area contributed by atoms with E-state index in [1.807, 2.05) is 0 Å². The molecular weight excluding hydrogens is 236 g/mol. The lowest BCUT2D eigenvalue weighted by Crippen LogP contribution is -2.48. The molecule has 1 heterocycles. The van der Waals surface area contributed by atoms with Gasteiger partial charge in [-0.1, -0.05) is 13.0 Å². The highest BCUT2D eigenvalue weighted by atomic mass is 16.5. The zero-order chi connectivity index (χ0) is 13.8. The molecule has 0 amide bonds. The van der Waals surface area contributed by atoms with Crippen LogP contribution in [0.5, 0.6) is 0 Å². The van der Waals surface area contributed by atoms with Gasteiger partial charge in [-0.3, -0.25) is 0 Å². The molecule has 0 radical (unpaired) electrons. The number of ether oxygens (including phenoxy) is 1. The van der Waals surface area contributed by atoms with Crippen LogP contribution < -0.4 is 10.6 Å². The third-order valence-electron chi connectivity index (χ3n) is 4.01.